The molecule has 94 valence electrons. The smallest absolute Gasteiger partial charge is 0.221 e. The average molecular weight is 267 g/mol. The van der Waals surface area contributed by atoms with E-state index in [1.807, 2.05) is 6.07 Å². The first-order chi connectivity index (χ1) is 9.31. The Hall–Kier alpha value is -2.07. The SMILES string of the molecule is Nc1nccc(SCc2ccc3ccccc3c2)n1. The molecule has 3 nitrogen and oxygen atoms in total. The van der Waals surface area contributed by atoms with Gasteiger partial charge in [-0.2, -0.15) is 0 Å². The maximum Gasteiger partial charge on any atom is 0.221 e. The van der Waals surface area contributed by atoms with Gasteiger partial charge in [0.05, 0.1) is 0 Å². The van der Waals surface area contributed by atoms with Gasteiger partial charge in [0.25, 0.3) is 0 Å². The minimum Gasteiger partial charge on any atom is -0.368 e. The summed E-state index contributed by atoms with van der Waals surface area (Å²) in [7, 11) is 0. The molecule has 0 bridgehead atoms. The summed E-state index contributed by atoms with van der Waals surface area (Å²) in [6.07, 6.45) is 1.69. The average Bonchev–Trinajstić information content (AvgIpc) is 2.45. The Balaban J connectivity index is 1.78. The number of nitrogen functional groups attached to an aromatic ring is 1. The van der Waals surface area contributed by atoms with Gasteiger partial charge in [0.1, 0.15) is 5.03 Å². The molecule has 2 aromatic carbocycles. The topological polar surface area (TPSA) is 51.8 Å². The van der Waals surface area contributed by atoms with Crippen molar-refractivity contribution in [3.8, 4) is 0 Å². The zero-order chi connectivity index (χ0) is 13.1. The molecule has 0 aliphatic heterocycles. The molecule has 0 saturated heterocycles. The van der Waals surface area contributed by atoms with E-state index >= 15 is 0 Å². The zero-order valence-corrected chi connectivity index (χ0v) is 11.1. The van der Waals surface area contributed by atoms with Gasteiger partial charge in [-0.05, 0) is 22.4 Å². The number of thioether (sulfide) groups is 1. The first-order valence-electron chi connectivity index (χ1n) is 6.00. The second kappa shape index (κ2) is 5.28. The molecule has 19 heavy (non-hydrogen) atoms. The monoisotopic (exact) mass is 267 g/mol. The van der Waals surface area contributed by atoms with Crippen LogP contribution < -0.4 is 5.73 Å². The lowest BCUT2D eigenvalue weighted by Crippen LogP contribution is -1.94. The van der Waals surface area contributed by atoms with Crippen molar-refractivity contribution in [2.24, 2.45) is 0 Å². The van der Waals surface area contributed by atoms with Gasteiger partial charge >= 0.3 is 0 Å². The Morgan fingerprint density at radius 2 is 1.84 bits per heavy atom. The number of benzene rings is 2. The lowest BCUT2D eigenvalue weighted by molar-refractivity contribution is 1.06. The summed E-state index contributed by atoms with van der Waals surface area (Å²) in [5.41, 5.74) is 6.84. The van der Waals surface area contributed by atoms with Crippen molar-refractivity contribution >= 4 is 28.5 Å². The maximum atomic E-state index is 5.57. The van der Waals surface area contributed by atoms with Gasteiger partial charge in [-0.3, -0.25) is 0 Å². The number of anilines is 1. The molecular weight excluding hydrogens is 254 g/mol. The first kappa shape index (κ1) is 12.0. The highest BCUT2D eigenvalue weighted by Gasteiger charge is 2.00. The fraction of sp³-hybridized carbons (Fsp3) is 0.0667. The standard InChI is InChI=1S/C15H13N3S/c16-15-17-8-7-14(18-15)19-10-11-5-6-12-3-1-2-4-13(12)9-11/h1-9H,10H2,(H2,16,17,18). The summed E-state index contributed by atoms with van der Waals surface area (Å²) in [4.78, 5) is 8.07. The number of hydrogen-bond acceptors (Lipinski definition) is 4. The summed E-state index contributed by atoms with van der Waals surface area (Å²) in [6, 6.07) is 16.8. The minimum absolute atomic E-state index is 0.323. The van der Waals surface area contributed by atoms with E-state index in [2.05, 4.69) is 52.4 Å². The van der Waals surface area contributed by atoms with E-state index in [-0.39, 0.29) is 0 Å². The molecule has 3 aromatic rings. The van der Waals surface area contributed by atoms with Crippen LogP contribution in [0.2, 0.25) is 0 Å². The molecular formula is C15H13N3S. The predicted molar refractivity (Wildman–Crippen MR) is 80.0 cm³/mol. The van der Waals surface area contributed by atoms with Crippen molar-refractivity contribution in [3.05, 3.63) is 60.3 Å². The molecule has 0 saturated carbocycles. The second-order valence-electron chi connectivity index (χ2n) is 4.22. The number of fused-ring (bicyclic) bond motifs is 1. The highest BCUT2D eigenvalue weighted by molar-refractivity contribution is 7.98. The van der Waals surface area contributed by atoms with Crippen LogP contribution in [0.3, 0.4) is 0 Å². The summed E-state index contributed by atoms with van der Waals surface area (Å²) in [6.45, 7) is 0. The Bertz CT molecular complexity index is 712. The van der Waals surface area contributed by atoms with E-state index in [1.165, 1.54) is 16.3 Å². The van der Waals surface area contributed by atoms with Crippen LogP contribution in [0.15, 0.2) is 59.8 Å². The lowest BCUT2D eigenvalue weighted by Gasteiger charge is -2.04. The molecule has 1 aromatic heterocycles. The molecule has 0 radical (unpaired) electrons. The van der Waals surface area contributed by atoms with Gasteiger partial charge in [-0.15, -0.1) is 11.8 Å². The second-order valence-corrected chi connectivity index (χ2v) is 5.22. The van der Waals surface area contributed by atoms with Crippen molar-refractivity contribution in [2.45, 2.75) is 10.8 Å². The van der Waals surface area contributed by atoms with Crippen LogP contribution >= 0.6 is 11.8 Å². The first-order valence-corrected chi connectivity index (χ1v) is 6.99. The van der Waals surface area contributed by atoms with E-state index in [9.17, 15) is 0 Å². The van der Waals surface area contributed by atoms with Crippen LogP contribution in [0, 0.1) is 0 Å². The minimum atomic E-state index is 0.323. The molecule has 0 fully saturated rings. The molecule has 0 atom stereocenters. The molecule has 0 unspecified atom stereocenters. The largest absolute Gasteiger partial charge is 0.368 e. The molecule has 4 heteroatoms. The highest BCUT2D eigenvalue weighted by atomic mass is 32.2. The van der Waals surface area contributed by atoms with Crippen molar-refractivity contribution < 1.29 is 0 Å². The number of aromatic nitrogens is 2. The number of nitrogens with two attached hydrogens (primary N) is 1. The number of nitrogens with zero attached hydrogens (tertiary/aromatic N) is 2. The molecule has 0 spiro atoms. The van der Waals surface area contributed by atoms with Crippen LogP contribution in [0.4, 0.5) is 5.95 Å². The molecule has 3 rings (SSSR count). The van der Waals surface area contributed by atoms with Crippen molar-refractivity contribution in [2.75, 3.05) is 5.73 Å². The van der Waals surface area contributed by atoms with Gasteiger partial charge in [-0.1, -0.05) is 42.5 Å². The van der Waals surface area contributed by atoms with Crippen molar-refractivity contribution in [1.29, 1.82) is 0 Å². The van der Waals surface area contributed by atoms with E-state index < -0.39 is 0 Å². The Morgan fingerprint density at radius 1 is 1.00 bits per heavy atom. The summed E-state index contributed by atoms with van der Waals surface area (Å²) in [5, 5.41) is 3.44. The van der Waals surface area contributed by atoms with Crippen molar-refractivity contribution in [3.63, 3.8) is 0 Å². The molecule has 1 heterocycles. The van der Waals surface area contributed by atoms with Gasteiger partial charge < -0.3 is 5.73 Å². The Labute approximate surface area is 115 Å². The Kier molecular flexibility index (Phi) is 3.33. The van der Waals surface area contributed by atoms with Crippen LogP contribution in [-0.2, 0) is 5.75 Å². The normalized spacial score (nSPS) is 10.7. The van der Waals surface area contributed by atoms with E-state index in [0.717, 1.165) is 10.8 Å². The van der Waals surface area contributed by atoms with Crippen LogP contribution in [0.5, 0.6) is 0 Å². The van der Waals surface area contributed by atoms with Crippen LogP contribution in [0.25, 0.3) is 10.8 Å². The zero-order valence-electron chi connectivity index (χ0n) is 10.3. The molecule has 0 aliphatic carbocycles. The Morgan fingerprint density at radius 3 is 2.68 bits per heavy atom. The number of rotatable bonds is 3. The third-order valence-corrected chi connectivity index (χ3v) is 3.85. The van der Waals surface area contributed by atoms with Crippen LogP contribution in [0.1, 0.15) is 5.56 Å². The van der Waals surface area contributed by atoms with E-state index in [4.69, 9.17) is 5.73 Å². The van der Waals surface area contributed by atoms with E-state index in [1.54, 1.807) is 18.0 Å². The summed E-state index contributed by atoms with van der Waals surface area (Å²) >= 11 is 1.67. The lowest BCUT2D eigenvalue weighted by atomic mass is 10.1. The third-order valence-electron chi connectivity index (χ3n) is 2.85. The third kappa shape index (κ3) is 2.85. The van der Waals surface area contributed by atoms with E-state index in [0.29, 0.717) is 5.95 Å². The van der Waals surface area contributed by atoms with Gasteiger partial charge in [-0.25, -0.2) is 9.97 Å². The molecule has 2 N–H and O–H groups in total. The number of hydrogen-bond donors (Lipinski definition) is 1. The predicted octanol–water partition coefficient (Wildman–Crippen LogP) is 3.50. The molecule has 0 amide bonds. The van der Waals surface area contributed by atoms with Crippen molar-refractivity contribution in [1.82, 2.24) is 9.97 Å². The fourth-order valence-electron chi connectivity index (χ4n) is 1.92. The quantitative estimate of drug-likeness (QED) is 0.583. The fourth-order valence-corrected chi connectivity index (χ4v) is 2.73. The van der Waals surface area contributed by atoms with Gasteiger partial charge in [0.2, 0.25) is 5.95 Å². The maximum absolute atomic E-state index is 5.57. The summed E-state index contributed by atoms with van der Waals surface area (Å²) in [5.74, 6) is 1.20. The summed E-state index contributed by atoms with van der Waals surface area (Å²) < 4.78 is 0. The molecule has 0 aliphatic rings. The van der Waals surface area contributed by atoms with Crippen LogP contribution in [-0.4, -0.2) is 9.97 Å². The van der Waals surface area contributed by atoms with Gasteiger partial charge in [0.15, 0.2) is 0 Å². The van der Waals surface area contributed by atoms with Gasteiger partial charge in [0, 0.05) is 11.9 Å². The highest BCUT2D eigenvalue weighted by Crippen LogP contribution is 2.23.